The molecular formula is C28H35N7O2. The zero-order chi connectivity index (χ0) is 26.1. The van der Waals surface area contributed by atoms with E-state index in [1.165, 1.54) is 16.8 Å². The molecule has 4 aromatic rings. The van der Waals surface area contributed by atoms with Crippen LogP contribution in [0.2, 0.25) is 0 Å². The van der Waals surface area contributed by atoms with Crippen LogP contribution in [0.15, 0.2) is 41.2 Å². The van der Waals surface area contributed by atoms with Crippen LogP contribution >= 0.6 is 0 Å². The van der Waals surface area contributed by atoms with Gasteiger partial charge in [-0.2, -0.15) is 0 Å². The molecule has 1 atom stereocenters. The maximum atomic E-state index is 13.5. The van der Waals surface area contributed by atoms with Gasteiger partial charge in [-0.15, -0.1) is 5.10 Å². The summed E-state index contributed by atoms with van der Waals surface area (Å²) >= 11 is 0. The van der Waals surface area contributed by atoms with E-state index in [9.17, 15) is 4.79 Å². The third kappa shape index (κ3) is 4.89. The van der Waals surface area contributed by atoms with Gasteiger partial charge in [-0.1, -0.05) is 18.2 Å². The predicted octanol–water partition coefficient (Wildman–Crippen LogP) is 3.31. The number of ether oxygens (including phenoxy) is 1. The Morgan fingerprint density at radius 2 is 1.81 bits per heavy atom. The van der Waals surface area contributed by atoms with Crippen molar-refractivity contribution in [3.63, 3.8) is 0 Å². The number of tetrazole rings is 1. The molecule has 0 aliphatic carbocycles. The maximum absolute atomic E-state index is 13.5. The van der Waals surface area contributed by atoms with E-state index in [0.717, 1.165) is 48.2 Å². The van der Waals surface area contributed by atoms with Crippen molar-refractivity contribution in [2.24, 2.45) is 0 Å². The molecule has 1 aliphatic heterocycles. The van der Waals surface area contributed by atoms with Crippen molar-refractivity contribution in [3.8, 4) is 0 Å². The lowest BCUT2D eigenvalue weighted by atomic mass is 9.99. The van der Waals surface area contributed by atoms with E-state index in [0.29, 0.717) is 24.5 Å². The molecular weight excluding hydrogens is 466 g/mol. The number of H-pyrrole nitrogens is 1. The Morgan fingerprint density at radius 3 is 2.57 bits per heavy atom. The third-order valence-electron chi connectivity index (χ3n) is 7.54. The monoisotopic (exact) mass is 501 g/mol. The van der Waals surface area contributed by atoms with Gasteiger partial charge < -0.3 is 14.6 Å². The van der Waals surface area contributed by atoms with Gasteiger partial charge in [0.15, 0.2) is 5.82 Å². The molecule has 0 bridgehead atoms. The SMILES string of the molecule is COCCn1nnnc1[C@H](c1cc2c(C)cc(C)cc2[nH]c1=O)N1CCN(c2cccc(C)c2C)CC1. The summed E-state index contributed by atoms with van der Waals surface area (Å²) < 4.78 is 7.05. The van der Waals surface area contributed by atoms with Crippen LogP contribution in [0.25, 0.3) is 10.9 Å². The largest absolute Gasteiger partial charge is 0.383 e. The number of methoxy groups -OCH3 is 1. The first-order valence-corrected chi connectivity index (χ1v) is 12.8. The number of benzene rings is 2. The van der Waals surface area contributed by atoms with Gasteiger partial charge in [-0.25, -0.2) is 4.68 Å². The summed E-state index contributed by atoms with van der Waals surface area (Å²) in [4.78, 5) is 21.4. The number of anilines is 1. The van der Waals surface area contributed by atoms with Crippen molar-refractivity contribution in [3.05, 3.63) is 80.4 Å². The summed E-state index contributed by atoms with van der Waals surface area (Å²) in [6, 6.07) is 12.3. The lowest BCUT2D eigenvalue weighted by Crippen LogP contribution is -2.49. The normalized spacial score (nSPS) is 15.4. The van der Waals surface area contributed by atoms with Crippen LogP contribution in [0, 0.1) is 27.7 Å². The van der Waals surface area contributed by atoms with Crippen molar-refractivity contribution >= 4 is 16.6 Å². The summed E-state index contributed by atoms with van der Waals surface area (Å²) in [7, 11) is 1.66. The number of piperazine rings is 1. The van der Waals surface area contributed by atoms with Crippen LogP contribution in [0.3, 0.4) is 0 Å². The number of fused-ring (bicyclic) bond motifs is 1. The Balaban J connectivity index is 1.54. The molecule has 3 heterocycles. The predicted molar refractivity (Wildman–Crippen MR) is 145 cm³/mol. The van der Waals surface area contributed by atoms with Gasteiger partial charge in [-0.05, 0) is 78.6 Å². The fourth-order valence-electron chi connectivity index (χ4n) is 5.44. The van der Waals surface area contributed by atoms with Crippen molar-refractivity contribution in [1.29, 1.82) is 0 Å². The average Bonchev–Trinajstić information content (AvgIpc) is 3.33. The van der Waals surface area contributed by atoms with Crippen LogP contribution in [0.1, 0.15) is 39.7 Å². The number of nitrogens with one attached hydrogen (secondary N) is 1. The zero-order valence-electron chi connectivity index (χ0n) is 22.3. The van der Waals surface area contributed by atoms with Gasteiger partial charge in [-0.3, -0.25) is 9.69 Å². The Hall–Kier alpha value is -3.56. The van der Waals surface area contributed by atoms with E-state index in [1.54, 1.807) is 11.8 Å². The third-order valence-corrected chi connectivity index (χ3v) is 7.54. The Morgan fingerprint density at radius 1 is 1.03 bits per heavy atom. The van der Waals surface area contributed by atoms with Gasteiger partial charge >= 0.3 is 0 Å². The molecule has 0 spiro atoms. The van der Waals surface area contributed by atoms with E-state index in [2.05, 4.69) is 75.3 Å². The number of hydrogen-bond donors (Lipinski definition) is 1. The Kier molecular flexibility index (Phi) is 7.08. The van der Waals surface area contributed by atoms with Crippen LogP contribution in [-0.4, -0.2) is 70.0 Å². The molecule has 0 unspecified atom stereocenters. The van der Waals surface area contributed by atoms with Crippen LogP contribution in [0.4, 0.5) is 5.69 Å². The highest BCUT2D eigenvalue weighted by atomic mass is 16.5. The zero-order valence-corrected chi connectivity index (χ0v) is 22.3. The number of aromatic nitrogens is 5. The molecule has 9 heteroatoms. The second-order valence-corrected chi connectivity index (χ2v) is 9.99. The molecule has 0 amide bonds. The fourth-order valence-corrected chi connectivity index (χ4v) is 5.44. The van der Waals surface area contributed by atoms with Crippen molar-refractivity contribution in [2.75, 3.05) is 44.8 Å². The molecule has 1 saturated heterocycles. The number of hydrogen-bond acceptors (Lipinski definition) is 7. The molecule has 0 radical (unpaired) electrons. The number of pyridine rings is 1. The summed E-state index contributed by atoms with van der Waals surface area (Å²) in [5.74, 6) is 0.659. The quantitative estimate of drug-likeness (QED) is 0.415. The lowest BCUT2D eigenvalue weighted by Gasteiger charge is -2.40. The topological polar surface area (TPSA) is 92.2 Å². The van der Waals surface area contributed by atoms with Crippen LogP contribution in [0.5, 0.6) is 0 Å². The average molecular weight is 502 g/mol. The standard InChI is InChI=1S/C28H35N7O2/c1-18-15-20(3)22-17-23(28(36)29-24(22)16-18)26(27-30-31-32-35(27)13-14-37-5)34-11-9-33(10-12-34)25-8-6-7-19(2)21(25)4/h6-8,15-17,26H,9-14H2,1-5H3,(H,29,36)/t26-/m0/s1. The van der Waals surface area contributed by atoms with Gasteiger partial charge in [0.2, 0.25) is 0 Å². The molecule has 2 aromatic carbocycles. The van der Waals surface area contributed by atoms with E-state index in [4.69, 9.17) is 4.74 Å². The first-order valence-electron chi connectivity index (χ1n) is 12.8. The first-order chi connectivity index (χ1) is 17.9. The molecule has 9 nitrogen and oxygen atoms in total. The molecule has 37 heavy (non-hydrogen) atoms. The summed E-state index contributed by atoms with van der Waals surface area (Å²) in [5, 5.41) is 13.7. The summed E-state index contributed by atoms with van der Waals surface area (Å²) in [5.41, 5.74) is 7.53. The van der Waals surface area contributed by atoms with Gasteiger partial charge in [0, 0.05) is 55.4 Å². The molecule has 5 rings (SSSR count). The van der Waals surface area contributed by atoms with Crippen LogP contribution < -0.4 is 10.5 Å². The minimum absolute atomic E-state index is 0.110. The van der Waals surface area contributed by atoms with E-state index < -0.39 is 0 Å². The molecule has 2 aromatic heterocycles. The highest BCUT2D eigenvalue weighted by Gasteiger charge is 2.33. The maximum Gasteiger partial charge on any atom is 0.253 e. The van der Waals surface area contributed by atoms with Crippen LogP contribution in [-0.2, 0) is 11.3 Å². The first kappa shape index (κ1) is 25.1. The minimum atomic E-state index is -0.374. The molecule has 1 fully saturated rings. The Bertz CT molecular complexity index is 1470. The molecule has 1 N–H and O–H groups in total. The fraction of sp³-hybridized carbons (Fsp3) is 0.429. The Labute approximate surface area is 217 Å². The van der Waals surface area contributed by atoms with Crippen molar-refractivity contribution in [2.45, 2.75) is 40.3 Å². The summed E-state index contributed by atoms with van der Waals surface area (Å²) in [6.07, 6.45) is 0. The minimum Gasteiger partial charge on any atom is -0.383 e. The highest BCUT2D eigenvalue weighted by Crippen LogP contribution is 2.31. The van der Waals surface area contributed by atoms with Gasteiger partial charge in [0.25, 0.3) is 5.56 Å². The molecule has 0 saturated carbocycles. The second kappa shape index (κ2) is 10.4. The highest BCUT2D eigenvalue weighted by molar-refractivity contribution is 5.83. The number of aromatic amines is 1. The number of rotatable bonds is 7. The molecule has 194 valence electrons. The van der Waals surface area contributed by atoms with Crippen molar-refractivity contribution in [1.82, 2.24) is 30.1 Å². The second-order valence-electron chi connectivity index (χ2n) is 9.99. The smallest absolute Gasteiger partial charge is 0.253 e. The van der Waals surface area contributed by atoms with E-state index in [1.807, 2.05) is 19.1 Å². The molecule has 1 aliphatic rings. The summed E-state index contributed by atoms with van der Waals surface area (Å²) in [6.45, 7) is 12.7. The van der Waals surface area contributed by atoms with E-state index in [-0.39, 0.29) is 11.6 Å². The van der Waals surface area contributed by atoms with Gasteiger partial charge in [0.1, 0.15) is 6.04 Å². The number of nitrogens with zero attached hydrogens (tertiary/aromatic N) is 6. The van der Waals surface area contributed by atoms with E-state index >= 15 is 0 Å². The number of aryl methyl sites for hydroxylation is 3. The van der Waals surface area contributed by atoms with Crippen molar-refractivity contribution < 1.29 is 4.74 Å². The lowest BCUT2D eigenvalue weighted by molar-refractivity contribution is 0.171. The van der Waals surface area contributed by atoms with Gasteiger partial charge in [0.05, 0.1) is 13.2 Å².